The van der Waals surface area contributed by atoms with Crippen LogP contribution in [-0.4, -0.2) is 29.1 Å². The van der Waals surface area contributed by atoms with E-state index in [1.165, 1.54) is 0 Å². The molecule has 4 heteroatoms. The van der Waals surface area contributed by atoms with Crippen molar-refractivity contribution in [1.82, 2.24) is 10.3 Å². The molecule has 3 rings (SSSR count). The van der Waals surface area contributed by atoms with E-state index >= 15 is 0 Å². The monoisotopic (exact) mass is 230 g/mol. The Morgan fingerprint density at radius 2 is 2.18 bits per heavy atom. The lowest BCUT2D eigenvalue weighted by Gasteiger charge is -2.15. The van der Waals surface area contributed by atoms with Crippen LogP contribution in [0, 0.1) is 5.92 Å². The third-order valence-electron chi connectivity index (χ3n) is 3.54. The van der Waals surface area contributed by atoms with Gasteiger partial charge >= 0.3 is 5.97 Å². The average Bonchev–Trinajstić information content (AvgIpc) is 2.96. The van der Waals surface area contributed by atoms with Gasteiger partial charge in [-0.25, -0.2) is 0 Å². The summed E-state index contributed by atoms with van der Waals surface area (Å²) >= 11 is 0. The quantitative estimate of drug-likeness (QED) is 0.733. The fourth-order valence-corrected chi connectivity index (χ4v) is 2.59. The van der Waals surface area contributed by atoms with Crippen molar-refractivity contribution in [1.29, 1.82) is 0 Å². The van der Waals surface area contributed by atoms with Gasteiger partial charge in [0.25, 0.3) is 0 Å². The fourth-order valence-electron chi connectivity index (χ4n) is 2.59. The molecule has 0 saturated carbocycles. The molecule has 4 nitrogen and oxygen atoms in total. The van der Waals surface area contributed by atoms with Crippen LogP contribution in [0.1, 0.15) is 11.5 Å². The molecule has 88 valence electrons. The number of aromatic nitrogens is 1. The minimum Gasteiger partial charge on any atom is -0.481 e. The molecule has 2 unspecified atom stereocenters. The number of nitrogens with one attached hydrogen (secondary N) is 2. The molecule has 1 fully saturated rings. The lowest BCUT2D eigenvalue weighted by Crippen LogP contribution is -2.20. The second-order valence-electron chi connectivity index (χ2n) is 4.53. The number of benzene rings is 1. The van der Waals surface area contributed by atoms with Crippen LogP contribution < -0.4 is 5.32 Å². The van der Waals surface area contributed by atoms with Gasteiger partial charge in [-0.05, 0) is 29.1 Å². The zero-order valence-electron chi connectivity index (χ0n) is 9.31. The maximum absolute atomic E-state index is 11.2. The van der Waals surface area contributed by atoms with Crippen molar-refractivity contribution >= 4 is 16.9 Å². The summed E-state index contributed by atoms with van der Waals surface area (Å²) in [5, 5.41) is 13.5. The first-order valence-electron chi connectivity index (χ1n) is 5.76. The van der Waals surface area contributed by atoms with Gasteiger partial charge in [0.1, 0.15) is 0 Å². The number of aromatic amines is 1. The molecule has 0 spiro atoms. The van der Waals surface area contributed by atoms with Gasteiger partial charge in [0.15, 0.2) is 0 Å². The summed E-state index contributed by atoms with van der Waals surface area (Å²) in [6.45, 7) is 1.30. The van der Waals surface area contributed by atoms with E-state index in [9.17, 15) is 9.90 Å². The molecule has 1 saturated heterocycles. The van der Waals surface area contributed by atoms with E-state index in [4.69, 9.17) is 0 Å². The summed E-state index contributed by atoms with van der Waals surface area (Å²) in [4.78, 5) is 14.3. The van der Waals surface area contributed by atoms with Gasteiger partial charge in [-0.1, -0.05) is 6.07 Å². The summed E-state index contributed by atoms with van der Waals surface area (Å²) in [6.07, 6.45) is 1.90. The number of fused-ring (bicyclic) bond motifs is 1. The number of hydrogen-bond acceptors (Lipinski definition) is 2. The van der Waals surface area contributed by atoms with Gasteiger partial charge in [0, 0.05) is 30.7 Å². The second kappa shape index (κ2) is 3.89. The van der Waals surface area contributed by atoms with Crippen LogP contribution in [-0.2, 0) is 4.79 Å². The number of hydrogen-bond donors (Lipinski definition) is 3. The predicted octanol–water partition coefficient (Wildman–Crippen LogP) is 1.56. The van der Waals surface area contributed by atoms with Crippen LogP contribution in [0.25, 0.3) is 10.9 Å². The Labute approximate surface area is 98.6 Å². The number of H-pyrrole nitrogens is 1. The maximum atomic E-state index is 11.2. The summed E-state index contributed by atoms with van der Waals surface area (Å²) < 4.78 is 0. The van der Waals surface area contributed by atoms with Crippen molar-refractivity contribution in [2.45, 2.75) is 5.92 Å². The zero-order valence-corrected chi connectivity index (χ0v) is 9.31. The average molecular weight is 230 g/mol. The summed E-state index contributed by atoms with van der Waals surface area (Å²) in [5.74, 6) is -0.952. The van der Waals surface area contributed by atoms with Crippen molar-refractivity contribution in [2.75, 3.05) is 13.1 Å². The Balaban J connectivity index is 1.99. The fraction of sp³-hybridized carbons (Fsp3) is 0.308. The molecular weight excluding hydrogens is 216 g/mol. The van der Waals surface area contributed by atoms with Crippen LogP contribution >= 0.6 is 0 Å². The van der Waals surface area contributed by atoms with Gasteiger partial charge in [-0.3, -0.25) is 4.79 Å². The lowest BCUT2D eigenvalue weighted by atomic mass is 9.88. The highest BCUT2D eigenvalue weighted by Gasteiger charge is 2.33. The molecule has 2 aromatic rings. The smallest absolute Gasteiger partial charge is 0.308 e. The van der Waals surface area contributed by atoms with Gasteiger partial charge in [0.2, 0.25) is 0 Å². The van der Waals surface area contributed by atoms with Crippen molar-refractivity contribution in [3.63, 3.8) is 0 Å². The summed E-state index contributed by atoms with van der Waals surface area (Å²) in [6, 6.07) is 8.13. The van der Waals surface area contributed by atoms with Crippen molar-refractivity contribution in [2.24, 2.45) is 5.92 Å². The Morgan fingerprint density at radius 3 is 3.00 bits per heavy atom. The molecule has 0 aliphatic carbocycles. The highest BCUT2D eigenvalue weighted by Crippen LogP contribution is 2.30. The molecule has 0 amide bonds. The van der Waals surface area contributed by atoms with Crippen molar-refractivity contribution in [3.05, 3.63) is 36.0 Å². The van der Waals surface area contributed by atoms with Crippen molar-refractivity contribution in [3.8, 4) is 0 Å². The Kier molecular flexibility index (Phi) is 2.37. The van der Waals surface area contributed by atoms with E-state index in [1.807, 2.05) is 24.4 Å². The zero-order chi connectivity index (χ0) is 11.8. The molecule has 1 aliphatic rings. The van der Waals surface area contributed by atoms with E-state index in [2.05, 4.69) is 16.4 Å². The van der Waals surface area contributed by atoms with Gasteiger partial charge < -0.3 is 15.4 Å². The highest BCUT2D eigenvalue weighted by atomic mass is 16.4. The third-order valence-corrected chi connectivity index (χ3v) is 3.54. The van der Waals surface area contributed by atoms with E-state index in [0.29, 0.717) is 6.54 Å². The molecule has 1 aromatic carbocycles. The largest absolute Gasteiger partial charge is 0.481 e. The first-order valence-corrected chi connectivity index (χ1v) is 5.76. The Bertz CT molecular complexity index is 561. The SMILES string of the molecule is O=C(O)C1CNCC1c1ccc2[nH]ccc2c1. The van der Waals surface area contributed by atoms with Crippen LogP contribution in [0.5, 0.6) is 0 Å². The molecule has 1 aromatic heterocycles. The summed E-state index contributed by atoms with van der Waals surface area (Å²) in [5.41, 5.74) is 2.20. The molecular formula is C13H14N2O2. The van der Waals surface area contributed by atoms with E-state index in [-0.39, 0.29) is 11.8 Å². The number of carbonyl (C=O) groups is 1. The number of rotatable bonds is 2. The lowest BCUT2D eigenvalue weighted by molar-refractivity contribution is -0.141. The Hall–Kier alpha value is -1.81. The number of carboxylic acids is 1. The Morgan fingerprint density at radius 1 is 1.29 bits per heavy atom. The third kappa shape index (κ3) is 1.70. The molecule has 2 atom stereocenters. The van der Waals surface area contributed by atoms with Gasteiger partial charge in [0.05, 0.1) is 5.92 Å². The van der Waals surface area contributed by atoms with Gasteiger partial charge in [-0.2, -0.15) is 0 Å². The normalized spacial score (nSPS) is 24.2. The minimum absolute atomic E-state index is 0.0757. The first-order chi connectivity index (χ1) is 8.25. The standard InChI is InChI=1S/C13H14N2O2/c16-13(17)11-7-14-6-10(11)8-1-2-12-9(5-8)3-4-15-12/h1-5,10-11,14-15H,6-7H2,(H,16,17). The van der Waals surface area contributed by atoms with Crippen LogP contribution in [0.3, 0.4) is 0 Å². The number of carboxylic acid groups (broad SMARTS) is 1. The first kappa shape index (κ1) is 10.4. The molecule has 0 radical (unpaired) electrons. The molecule has 2 heterocycles. The molecule has 17 heavy (non-hydrogen) atoms. The van der Waals surface area contributed by atoms with Crippen LogP contribution in [0.2, 0.25) is 0 Å². The molecule has 3 N–H and O–H groups in total. The van der Waals surface area contributed by atoms with E-state index < -0.39 is 5.97 Å². The molecule has 1 aliphatic heterocycles. The number of aliphatic carboxylic acids is 1. The van der Waals surface area contributed by atoms with E-state index in [1.54, 1.807) is 0 Å². The second-order valence-corrected chi connectivity index (χ2v) is 4.53. The predicted molar refractivity (Wildman–Crippen MR) is 65.0 cm³/mol. The van der Waals surface area contributed by atoms with Crippen LogP contribution in [0.15, 0.2) is 30.5 Å². The topological polar surface area (TPSA) is 65.1 Å². The van der Waals surface area contributed by atoms with E-state index in [0.717, 1.165) is 23.0 Å². The van der Waals surface area contributed by atoms with Crippen molar-refractivity contribution < 1.29 is 9.90 Å². The highest BCUT2D eigenvalue weighted by molar-refractivity contribution is 5.80. The maximum Gasteiger partial charge on any atom is 0.308 e. The minimum atomic E-state index is -0.714. The van der Waals surface area contributed by atoms with Gasteiger partial charge in [-0.15, -0.1) is 0 Å². The molecule has 0 bridgehead atoms. The van der Waals surface area contributed by atoms with Crippen LogP contribution in [0.4, 0.5) is 0 Å². The summed E-state index contributed by atoms with van der Waals surface area (Å²) in [7, 11) is 0.